The molecule has 0 rings (SSSR count). The third-order valence-electron chi connectivity index (χ3n) is 6.02. The van der Waals surface area contributed by atoms with Crippen molar-refractivity contribution < 1.29 is 9.47 Å². The van der Waals surface area contributed by atoms with Gasteiger partial charge in [-0.2, -0.15) is 0 Å². The van der Waals surface area contributed by atoms with Gasteiger partial charge < -0.3 is 9.47 Å². The van der Waals surface area contributed by atoms with E-state index >= 15 is 0 Å². The molecule has 0 N–H and O–H groups in total. The predicted molar refractivity (Wildman–Crippen MR) is 125 cm³/mol. The first-order chi connectivity index (χ1) is 13.7. The van der Waals surface area contributed by atoms with Crippen molar-refractivity contribution >= 4 is 0 Å². The van der Waals surface area contributed by atoms with Gasteiger partial charge in [0.15, 0.2) is 0 Å². The Labute approximate surface area is 178 Å². The quantitative estimate of drug-likeness (QED) is 0.169. The molecule has 170 valence electrons. The predicted octanol–water partition coefficient (Wildman–Crippen LogP) is 8.86. The van der Waals surface area contributed by atoms with Gasteiger partial charge in [-0.05, 0) is 32.1 Å². The summed E-state index contributed by atoms with van der Waals surface area (Å²) in [5, 5.41) is 0. The molecule has 2 nitrogen and oxygen atoms in total. The van der Waals surface area contributed by atoms with Crippen LogP contribution in [0.25, 0.3) is 0 Å². The van der Waals surface area contributed by atoms with Crippen LogP contribution in [0, 0.1) is 0 Å². The second-order valence-electron chi connectivity index (χ2n) is 8.74. The minimum absolute atomic E-state index is 0.0572. The zero-order valence-corrected chi connectivity index (χ0v) is 20.3. The van der Waals surface area contributed by atoms with E-state index in [4.69, 9.17) is 9.47 Å². The monoisotopic (exact) mass is 398 g/mol. The van der Waals surface area contributed by atoms with Gasteiger partial charge in [0.25, 0.3) is 0 Å². The Bertz CT molecular complexity index is 295. The first-order valence-corrected chi connectivity index (χ1v) is 13.0. The van der Waals surface area contributed by atoms with Crippen molar-refractivity contribution in [3.05, 3.63) is 0 Å². The lowest BCUT2D eigenvalue weighted by atomic mass is 9.82. The lowest BCUT2D eigenvalue weighted by Gasteiger charge is -2.41. The number of hydrogen-bond donors (Lipinski definition) is 0. The molecule has 0 aromatic carbocycles. The summed E-state index contributed by atoms with van der Waals surface area (Å²) in [6, 6.07) is 0. The molecular weight excluding hydrogens is 344 g/mol. The molecule has 0 bridgehead atoms. The Kier molecular flexibility index (Phi) is 20.1. The second kappa shape index (κ2) is 20.2. The van der Waals surface area contributed by atoms with Crippen LogP contribution >= 0.6 is 0 Å². The van der Waals surface area contributed by atoms with Gasteiger partial charge in [0.2, 0.25) is 0 Å². The topological polar surface area (TPSA) is 18.5 Å². The molecule has 2 heteroatoms. The molecule has 0 saturated heterocycles. The molecule has 0 aliphatic rings. The fourth-order valence-corrected chi connectivity index (χ4v) is 4.03. The Morgan fingerprint density at radius 1 is 0.536 bits per heavy atom. The van der Waals surface area contributed by atoms with Crippen molar-refractivity contribution in [2.24, 2.45) is 0 Å². The summed E-state index contributed by atoms with van der Waals surface area (Å²) >= 11 is 0. The molecule has 0 aliphatic carbocycles. The maximum atomic E-state index is 6.74. The first kappa shape index (κ1) is 27.9. The van der Waals surface area contributed by atoms with Gasteiger partial charge in [-0.3, -0.25) is 0 Å². The average molecular weight is 399 g/mol. The van der Waals surface area contributed by atoms with E-state index in [1.54, 1.807) is 0 Å². The molecule has 0 aromatic rings. The van der Waals surface area contributed by atoms with Crippen molar-refractivity contribution in [3.8, 4) is 0 Å². The molecule has 1 atom stereocenters. The van der Waals surface area contributed by atoms with Crippen molar-refractivity contribution in [2.45, 2.75) is 155 Å². The molecule has 0 aliphatic heterocycles. The van der Waals surface area contributed by atoms with E-state index in [9.17, 15) is 0 Å². The van der Waals surface area contributed by atoms with Gasteiger partial charge in [-0.25, -0.2) is 0 Å². The van der Waals surface area contributed by atoms with Crippen LogP contribution in [0.2, 0.25) is 0 Å². The van der Waals surface area contributed by atoms with Crippen LogP contribution in [0.15, 0.2) is 0 Å². The molecule has 28 heavy (non-hydrogen) atoms. The Morgan fingerprint density at radius 2 is 1.04 bits per heavy atom. The van der Waals surface area contributed by atoms with Crippen molar-refractivity contribution in [1.82, 2.24) is 0 Å². The van der Waals surface area contributed by atoms with Crippen LogP contribution in [0.4, 0.5) is 0 Å². The van der Waals surface area contributed by atoms with Gasteiger partial charge in [0, 0.05) is 13.2 Å². The van der Waals surface area contributed by atoms with E-state index in [1.807, 2.05) is 0 Å². The summed E-state index contributed by atoms with van der Waals surface area (Å²) in [5.41, 5.74) is -0.0572. The minimum atomic E-state index is -0.0572. The van der Waals surface area contributed by atoms with Crippen LogP contribution in [0.3, 0.4) is 0 Å². The van der Waals surface area contributed by atoms with Crippen LogP contribution in [0.1, 0.15) is 144 Å². The lowest BCUT2D eigenvalue weighted by Crippen LogP contribution is -2.47. The Hall–Kier alpha value is -0.0800. The van der Waals surface area contributed by atoms with E-state index < -0.39 is 0 Å². The summed E-state index contributed by atoms with van der Waals surface area (Å²) < 4.78 is 13.3. The van der Waals surface area contributed by atoms with E-state index in [0.717, 1.165) is 13.2 Å². The van der Waals surface area contributed by atoms with Crippen LogP contribution in [-0.4, -0.2) is 24.9 Å². The summed E-state index contributed by atoms with van der Waals surface area (Å²) in [4.78, 5) is 0. The minimum Gasteiger partial charge on any atom is -0.375 e. The van der Waals surface area contributed by atoms with Crippen LogP contribution < -0.4 is 0 Å². The molecule has 0 spiro atoms. The number of hydrogen-bond acceptors (Lipinski definition) is 2. The maximum Gasteiger partial charge on any atom is 0.0942 e. The van der Waals surface area contributed by atoms with Gasteiger partial charge in [-0.15, -0.1) is 0 Å². The largest absolute Gasteiger partial charge is 0.375 e. The van der Waals surface area contributed by atoms with Crippen LogP contribution in [-0.2, 0) is 9.47 Å². The van der Waals surface area contributed by atoms with Crippen molar-refractivity contribution in [1.29, 1.82) is 0 Å². The third kappa shape index (κ3) is 13.2. The molecule has 0 aromatic heterocycles. The smallest absolute Gasteiger partial charge is 0.0942 e. The fraction of sp³-hybridized carbons (Fsp3) is 1.00. The number of unbranched alkanes of at least 4 members (excludes halogenated alkanes) is 9. The first-order valence-electron chi connectivity index (χ1n) is 13.0. The van der Waals surface area contributed by atoms with E-state index in [2.05, 4.69) is 34.6 Å². The fourth-order valence-electron chi connectivity index (χ4n) is 4.03. The summed E-state index contributed by atoms with van der Waals surface area (Å²) in [7, 11) is 0. The third-order valence-corrected chi connectivity index (χ3v) is 6.02. The SMILES string of the molecule is CCCCCCCCC(OCCCC)C(CCCC)(CCCC)OCCCC. The number of ether oxygens (including phenoxy) is 2. The molecule has 1 unspecified atom stereocenters. The summed E-state index contributed by atoms with van der Waals surface area (Å²) in [6.45, 7) is 13.2. The molecule has 0 fully saturated rings. The Balaban J connectivity index is 5.11. The Morgan fingerprint density at radius 3 is 1.61 bits per heavy atom. The average Bonchev–Trinajstić information content (AvgIpc) is 2.71. The molecule has 0 amide bonds. The maximum absolute atomic E-state index is 6.74. The van der Waals surface area contributed by atoms with Crippen molar-refractivity contribution in [2.75, 3.05) is 13.2 Å². The van der Waals surface area contributed by atoms with Gasteiger partial charge in [-0.1, -0.05) is 112 Å². The van der Waals surface area contributed by atoms with Crippen molar-refractivity contribution in [3.63, 3.8) is 0 Å². The van der Waals surface area contributed by atoms with E-state index in [-0.39, 0.29) is 11.7 Å². The molecule has 0 saturated carbocycles. The summed E-state index contributed by atoms with van der Waals surface area (Å²) in [5.74, 6) is 0. The highest BCUT2D eigenvalue weighted by molar-refractivity contribution is 4.90. The number of rotatable bonds is 22. The molecule has 0 heterocycles. The van der Waals surface area contributed by atoms with Gasteiger partial charge >= 0.3 is 0 Å². The zero-order chi connectivity index (χ0) is 20.9. The standard InChI is InChI=1S/C26H54O2/c1-6-11-16-17-18-19-20-25(27-23-14-9-4)26(21-12-7-2,22-13-8-3)28-24-15-10-5/h25H,6-24H2,1-5H3. The zero-order valence-electron chi connectivity index (χ0n) is 20.3. The lowest BCUT2D eigenvalue weighted by molar-refractivity contribution is -0.160. The van der Waals surface area contributed by atoms with E-state index in [0.29, 0.717) is 0 Å². The highest BCUT2D eigenvalue weighted by atomic mass is 16.5. The second-order valence-corrected chi connectivity index (χ2v) is 8.74. The van der Waals surface area contributed by atoms with Gasteiger partial charge in [0.05, 0.1) is 11.7 Å². The van der Waals surface area contributed by atoms with Crippen LogP contribution in [0.5, 0.6) is 0 Å². The summed E-state index contributed by atoms with van der Waals surface area (Å²) in [6.07, 6.45) is 21.6. The molecular formula is C26H54O2. The van der Waals surface area contributed by atoms with E-state index in [1.165, 1.54) is 109 Å². The van der Waals surface area contributed by atoms with Gasteiger partial charge in [0.1, 0.15) is 0 Å². The molecule has 0 radical (unpaired) electrons. The highest BCUT2D eigenvalue weighted by Gasteiger charge is 2.39. The normalized spacial score (nSPS) is 13.2. The highest BCUT2D eigenvalue weighted by Crippen LogP contribution is 2.35.